The van der Waals surface area contributed by atoms with E-state index in [1.807, 2.05) is 0 Å². The summed E-state index contributed by atoms with van der Waals surface area (Å²) in [4.78, 5) is 17.6. The molecular weight excluding hydrogens is 183 g/mol. The van der Waals surface area contributed by atoms with Crippen molar-refractivity contribution < 1.29 is 4.39 Å². The molecule has 0 amide bonds. The minimum atomic E-state index is -0.382. The highest BCUT2D eigenvalue weighted by Crippen LogP contribution is 2.12. The highest BCUT2D eigenvalue weighted by molar-refractivity contribution is 5.57. The molecule has 1 N–H and O–H groups in total. The molecule has 0 radical (unpaired) electrons. The molecule has 2 aromatic rings. The van der Waals surface area contributed by atoms with E-state index < -0.39 is 0 Å². The fourth-order valence-corrected chi connectivity index (χ4v) is 1.19. The minimum absolute atomic E-state index is 0.229. The van der Waals surface area contributed by atoms with Crippen molar-refractivity contribution in [2.24, 2.45) is 0 Å². The van der Waals surface area contributed by atoms with Gasteiger partial charge in [0.15, 0.2) is 0 Å². The summed E-state index contributed by atoms with van der Waals surface area (Å²) < 4.78 is 12.8. The van der Waals surface area contributed by atoms with Gasteiger partial charge in [-0.05, 0) is 12.1 Å². The lowest BCUT2D eigenvalue weighted by atomic mass is 10.1. The number of H-pyrrole nitrogens is 1. The van der Waals surface area contributed by atoms with E-state index in [-0.39, 0.29) is 17.1 Å². The molecule has 14 heavy (non-hydrogen) atoms. The minimum Gasteiger partial charge on any atom is -0.326 e. The van der Waals surface area contributed by atoms with Crippen LogP contribution in [0.4, 0.5) is 4.39 Å². The standard InChI is InChI=1S/C10H7FN2O/c11-8-3-1-2-7(6-8)9-10(14)13-5-4-12-9/h1-6H,(H,13,14). The van der Waals surface area contributed by atoms with Crippen molar-refractivity contribution in [3.05, 3.63) is 52.8 Å². The number of hydrogen-bond donors (Lipinski definition) is 1. The van der Waals surface area contributed by atoms with Crippen molar-refractivity contribution >= 4 is 0 Å². The SMILES string of the molecule is O=c1[nH]ccnc1-c1cccc(F)c1. The zero-order valence-electron chi connectivity index (χ0n) is 7.20. The van der Waals surface area contributed by atoms with Gasteiger partial charge in [0, 0.05) is 18.0 Å². The lowest BCUT2D eigenvalue weighted by molar-refractivity contribution is 0.628. The topological polar surface area (TPSA) is 45.8 Å². The second-order valence-corrected chi connectivity index (χ2v) is 2.78. The summed E-state index contributed by atoms with van der Waals surface area (Å²) in [5.74, 6) is -0.382. The van der Waals surface area contributed by atoms with Crippen LogP contribution in [0.2, 0.25) is 0 Å². The Morgan fingerprint density at radius 3 is 2.93 bits per heavy atom. The molecule has 70 valence electrons. The van der Waals surface area contributed by atoms with E-state index in [2.05, 4.69) is 9.97 Å². The van der Waals surface area contributed by atoms with E-state index in [4.69, 9.17) is 0 Å². The summed E-state index contributed by atoms with van der Waals surface area (Å²) in [6, 6.07) is 5.78. The van der Waals surface area contributed by atoms with Gasteiger partial charge in [-0.1, -0.05) is 12.1 Å². The fourth-order valence-electron chi connectivity index (χ4n) is 1.19. The van der Waals surface area contributed by atoms with Crippen LogP contribution in [0.1, 0.15) is 0 Å². The first kappa shape index (κ1) is 8.62. The maximum absolute atomic E-state index is 12.8. The Labute approximate surface area is 79.3 Å². The van der Waals surface area contributed by atoms with Gasteiger partial charge in [0.1, 0.15) is 11.5 Å². The van der Waals surface area contributed by atoms with Gasteiger partial charge in [0.05, 0.1) is 0 Å². The Hall–Kier alpha value is -1.97. The first-order valence-corrected chi connectivity index (χ1v) is 4.07. The number of benzene rings is 1. The van der Waals surface area contributed by atoms with E-state index in [1.54, 1.807) is 12.1 Å². The highest BCUT2D eigenvalue weighted by atomic mass is 19.1. The molecule has 0 saturated heterocycles. The zero-order chi connectivity index (χ0) is 9.97. The van der Waals surface area contributed by atoms with Crippen LogP contribution < -0.4 is 5.56 Å². The molecule has 0 spiro atoms. The summed E-state index contributed by atoms with van der Waals surface area (Å²) >= 11 is 0. The molecule has 1 aromatic carbocycles. The number of rotatable bonds is 1. The predicted molar refractivity (Wildman–Crippen MR) is 50.3 cm³/mol. The van der Waals surface area contributed by atoms with Crippen molar-refractivity contribution in [2.45, 2.75) is 0 Å². The van der Waals surface area contributed by atoms with Crippen molar-refractivity contribution in [2.75, 3.05) is 0 Å². The van der Waals surface area contributed by atoms with E-state index >= 15 is 0 Å². The van der Waals surface area contributed by atoms with Crippen LogP contribution in [0.15, 0.2) is 41.5 Å². The van der Waals surface area contributed by atoms with Crippen LogP contribution in [0.3, 0.4) is 0 Å². The Morgan fingerprint density at radius 1 is 1.36 bits per heavy atom. The molecule has 0 saturated carbocycles. The molecule has 0 aliphatic rings. The van der Waals surface area contributed by atoms with Crippen LogP contribution in [-0.4, -0.2) is 9.97 Å². The molecule has 2 rings (SSSR count). The summed E-state index contributed by atoms with van der Waals surface area (Å²) in [7, 11) is 0. The Morgan fingerprint density at radius 2 is 2.21 bits per heavy atom. The predicted octanol–water partition coefficient (Wildman–Crippen LogP) is 1.58. The number of halogens is 1. The Bertz CT molecular complexity index is 507. The Kier molecular flexibility index (Phi) is 2.10. The monoisotopic (exact) mass is 190 g/mol. The zero-order valence-corrected chi connectivity index (χ0v) is 7.20. The van der Waals surface area contributed by atoms with E-state index in [9.17, 15) is 9.18 Å². The number of nitrogens with one attached hydrogen (secondary N) is 1. The van der Waals surface area contributed by atoms with Gasteiger partial charge < -0.3 is 4.98 Å². The van der Waals surface area contributed by atoms with Gasteiger partial charge in [0.25, 0.3) is 5.56 Å². The largest absolute Gasteiger partial charge is 0.326 e. The van der Waals surface area contributed by atoms with Crippen LogP contribution in [0.25, 0.3) is 11.3 Å². The molecule has 0 fully saturated rings. The third-order valence-electron chi connectivity index (χ3n) is 1.81. The third kappa shape index (κ3) is 1.54. The molecule has 0 unspecified atom stereocenters. The molecule has 1 aromatic heterocycles. The normalized spacial score (nSPS) is 10.1. The van der Waals surface area contributed by atoms with Crippen LogP contribution >= 0.6 is 0 Å². The van der Waals surface area contributed by atoms with Crippen LogP contribution in [0.5, 0.6) is 0 Å². The first-order valence-electron chi connectivity index (χ1n) is 4.07. The van der Waals surface area contributed by atoms with Crippen molar-refractivity contribution in [3.63, 3.8) is 0 Å². The number of aromatic amines is 1. The molecule has 0 aliphatic carbocycles. The van der Waals surface area contributed by atoms with Crippen LogP contribution in [-0.2, 0) is 0 Å². The molecule has 1 heterocycles. The molecule has 0 atom stereocenters. The second-order valence-electron chi connectivity index (χ2n) is 2.78. The second kappa shape index (κ2) is 3.41. The molecule has 4 heteroatoms. The summed E-state index contributed by atoms with van der Waals surface area (Å²) in [6.45, 7) is 0. The fraction of sp³-hybridized carbons (Fsp3) is 0. The van der Waals surface area contributed by atoms with Crippen molar-refractivity contribution in [1.29, 1.82) is 0 Å². The van der Waals surface area contributed by atoms with Crippen LogP contribution in [0, 0.1) is 5.82 Å². The van der Waals surface area contributed by atoms with Gasteiger partial charge in [-0.25, -0.2) is 9.37 Å². The molecule has 0 aliphatic heterocycles. The van der Waals surface area contributed by atoms with Gasteiger partial charge >= 0.3 is 0 Å². The molecular formula is C10H7FN2O. The van der Waals surface area contributed by atoms with Gasteiger partial charge in [-0.2, -0.15) is 0 Å². The average molecular weight is 190 g/mol. The summed E-state index contributed by atoms with van der Waals surface area (Å²) in [6.07, 6.45) is 2.90. The summed E-state index contributed by atoms with van der Waals surface area (Å²) in [5, 5.41) is 0. The lowest BCUT2D eigenvalue weighted by Crippen LogP contribution is -2.09. The summed E-state index contributed by atoms with van der Waals surface area (Å²) in [5.41, 5.74) is 0.386. The quantitative estimate of drug-likeness (QED) is 0.741. The number of hydrogen-bond acceptors (Lipinski definition) is 2. The van der Waals surface area contributed by atoms with Crippen molar-refractivity contribution in [3.8, 4) is 11.3 Å². The maximum atomic E-state index is 12.8. The van der Waals surface area contributed by atoms with Gasteiger partial charge in [0.2, 0.25) is 0 Å². The van der Waals surface area contributed by atoms with E-state index in [1.165, 1.54) is 24.5 Å². The van der Waals surface area contributed by atoms with Crippen molar-refractivity contribution in [1.82, 2.24) is 9.97 Å². The number of aromatic nitrogens is 2. The smallest absolute Gasteiger partial charge is 0.274 e. The number of nitrogens with zero attached hydrogens (tertiary/aromatic N) is 1. The molecule has 3 nitrogen and oxygen atoms in total. The Balaban J connectivity index is 2.61. The van der Waals surface area contributed by atoms with E-state index in [0.29, 0.717) is 5.56 Å². The lowest BCUT2D eigenvalue weighted by Gasteiger charge is -1.97. The van der Waals surface area contributed by atoms with E-state index in [0.717, 1.165) is 0 Å². The molecule has 0 bridgehead atoms. The highest BCUT2D eigenvalue weighted by Gasteiger charge is 2.03. The first-order chi connectivity index (χ1) is 6.77. The average Bonchev–Trinajstić information content (AvgIpc) is 2.18. The third-order valence-corrected chi connectivity index (χ3v) is 1.81. The van der Waals surface area contributed by atoms with Gasteiger partial charge in [-0.15, -0.1) is 0 Å². The maximum Gasteiger partial charge on any atom is 0.274 e. The van der Waals surface area contributed by atoms with Gasteiger partial charge in [-0.3, -0.25) is 4.79 Å².